The van der Waals surface area contributed by atoms with Gasteiger partial charge in [0.05, 0.1) is 5.52 Å². The third-order valence-corrected chi connectivity index (χ3v) is 3.14. The summed E-state index contributed by atoms with van der Waals surface area (Å²) in [6.45, 7) is 1.76. The number of aromatic nitrogens is 1. The van der Waals surface area contributed by atoms with Crippen molar-refractivity contribution in [3.05, 3.63) is 34.8 Å². The second kappa shape index (κ2) is 3.79. The smallest absolute Gasteiger partial charge is 0.408 e. The topological polar surface area (TPSA) is 47.2 Å². The summed E-state index contributed by atoms with van der Waals surface area (Å²) in [5, 5.41) is 3.39. The van der Waals surface area contributed by atoms with Gasteiger partial charge in [0.15, 0.2) is 5.58 Å². The summed E-state index contributed by atoms with van der Waals surface area (Å²) in [6.07, 6.45) is 2.32. The van der Waals surface area contributed by atoms with Crippen molar-refractivity contribution in [2.45, 2.75) is 25.4 Å². The number of nitrogens with one attached hydrogen (secondary N) is 1. The van der Waals surface area contributed by atoms with Gasteiger partial charge in [0.25, 0.3) is 0 Å². The summed E-state index contributed by atoms with van der Waals surface area (Å²) in [7, 11) is 0. The second-order valence-corrected chi connectivity index (χ2v) is 4.24. The molecule has 0 unspecified atom stereocenters. The van der Waals surface area contributed by atoms with Crippen molar-refractivity contribution in [1.29, 1.82) is 0 Å². The largest absolute Gasteiger partial charge is 0.420 e. The molecule has 0 amide bonds. The Labute approximate surface area is 92.9 Å². The fourth-order valence-corrected chi connectivity index (χ4v) is 2.32. The zero-order valence-corrected chi connectivity index (χ0v) is 8.98. The Kier molecular flexibility index (Phi) is 2.29. The minimum absolute atomic E-state index is 0.255. The number of rotatable bonds is 2. The number of oxazole rings is 1. The van der Waals surface area contributed by atoms with E-state index in [-0.39, 0.29) is 5.76 Å². The van der Waals surface area contributed by atoms with E-state index in [1.165, 1.54) is 6.42 Å². The van der Waals surface area contributed by atoms with Crippen LogP contribution in [0.5, 0.6) is 0 Å². The van der Waals surface area contributed by atoms with Gasteiger partial charge in [-0.3, -0.25) is 4.57 Å². The minimum Gasteiger partial charge on any atom is -0.408 e. The van der Waals surface area contributed by atoms with Crippen LogP contribution >= 0.6 is 0 Å². The summed E-state index contributed by atoms with van der Waals surface area (Å²) in [5.41, 5.74) is 1.56. The monoisotopic (exact) mass is 218 g/mol. The van der Waals surface area contributed by atoms with Gasteiger partial charge in [-0.1, -0.05) is 12.1 Å². The van der Waals surface area contributed by atoms with Gasteiger partial charge in [0, 0.05) is 12.6 Å². The van der Waals surface area contributed by atoms with E-state index < -0.39 is 0 Å². The highest BCUT2D eigenvalue weighted by Crippen LogP contribution is 2.14. The highest BCUT2D eigenvalue weighted by atomic mass is 16.4. The summed E-state index contributed by atoms with van der Waals surface area (Å²) < 4.78 is 6.91. The van der Waals surface area contributed by atoms with Crippen molar-refractivity contribution in [3.63, 3.8) is 0 Å². The van der Waals surface area contributed by atoms with E-state index >= 15 is 0 Å². The van der Waals surface area contributed by atoms with Gasteiger partial charge >= 0.3 is 5.76 Å². The Morgan fingerprint density at radius 2 is 2.31 bits per heavy atom. The van der Waals surface area contributed by atoms with Crippen LogP contribution in [0.1, 0.15) is 12.8 Å². The number of nitrogens with zero attached hydrogens (tertiary/aromatic N) is 1. The van der Waals surface area contributed by atoms with E-state index in [0.29, 0.717) is 18.2 Å². The quantitative estimate of drug-likeness (QED) is 0.827. The first-order valence-electron chi connectivity index (χ1n) is 5.66. The second-order valence-electron chi connectivity index (χ2n) is 4.24. The molecule has 0 aliphatic carbocycles. The zero-order chi connectivity index (χ0) is 11.0. The van der Waals surface area contributed by atoms with Crippen LogP contribution in [0.2, 0.25) is 0 Å². The van der Waals surface area contributed by atoms with Gasteiger partial charge in [-0.2, -0.15) is 0 Å². The first-order chi connectivity index (χ1) is 7.84. The molecule has 1 atom stereocenters. The van der Waals surface area contributed by atoms with E-state index in [0.717, 1.165) is 18.5 Å². The lowest BCUT2D eigenvalue weighted by Crippen LogP contribution is -2.30. The van der Waals surface area contributed by atoms with Crippen LogP contribution in [0, 0.1) is 0 Å². The fraction of sp³-hybridized carbons (Fsp3) is 0.417. The minimum atomic E-state index is -0.255. The van der Waals surface area contributed by atoms with E-state index in [9.17, 15) is 4.79 Å². The van der Waals surface area contributed by atoms with E-state index in [1.54, 1.807) is 4.57 Å². The molecule has 0 radical (unpaired) electrons. The molecule has 4 heteroatoms. The summed E-state index contributed by atoms with van der Waals surface area (Å²) in [5.74, 6) is -0.255. The Balaban J connectivity index is 2.01. The average molecular weight is 218 g/mol. The molecule has 1 saturated heterocycles. The first-order valence-corrected chi connectivity index (χ1v) is 5.66. The average Bonchev–Trinajstić information content (AvgIpc) is 2.89. The van der Waals surface area contributed by atoms with Crippen LogP contribution in [-0.2, 0) is 6.54 Å². The lowest BCUT2D eigenvalue weighted by molar-refractivity contribution is 0.456. The molecule has 1 aromatic heterocycles. The molecule has 0 bridgehead atoms. The van der Waals surface area contributed by atoms with Crippen LogP contribution in [0.3, 0.4) is 0 Å². The van der Waals surface area contributed by atoms with Crippen molar-refractivity contribution in [3.8, 4) is 0 Å². The van der Waals surface area contributed by atoms with Crippen LogP contribution in [0.4, 0.5) is 0 Å². The third kappa shape index (κ3) is 1.55. The number of hydrogen-bond acceptors (Lipinski definition) is 3. The van der Waals surface area contributed by atoms with Crippen LogP contribution in [0.25, 0.3) is 11.1 Å². The van der Waals surface area contributed by atoms with Crippen molar-refractivity contribution in [2.75, 3.05) is 6.54 Å². The lowest BCUT2D eigenvalue weighted by Gasteiger charge is -2.09. The van der Waals surface area contributed by atoms with Crippen LogP contribution < -0.4 is 11.1 Å². The van der Waals surface area contributed by atoms with Crippen molar-refractivity contribution in [1.82, 2.24) is 9.88 Å². The summed E-state index contributed by atoms with van der Waals surface area (Å²) in [6, 6.07) is 7.96. The molecule has 1 fully saturated rings. The predicted molar refractivity (Wildman–Crippen MR) is 61.5 cm³/mol. The molecule has 84 valence electrons. The Morgan fingerprint density at radius 1 is 1.44 bits per heavy atom. The lowest BCUT2D eigenvalue weighted by atomic mass is 10.2. The van der Waals surface area contributed by atoms with Gasteiger partial charge in [-0.25, -0.2) is 4.79 Å². The fourth-order valence-electron chi connectivity index (χ4n) is 2.32. The van der Waals surface area contributed by atoms with E-state index in [1.807, 2.05) is 24.3 Å². The highest BCUT2D eigenvalue weighted by molar-refractivity contribution is 5.72. The molecule has 0 spiro atoms. The van der Waals surface area contributed by atoms with Gasteiger partial charge in [0.1, 0.15) is 0 Å². The standard InChI is InChI=1S/C12H14N2O2/c15-12-14(8-9-4-3-7-13-9)10-5-1-2-6-11(10)16-12/h1-2,5-6,9,13H,3-4,7-8H2/t9-/m0/s1. The van der Waals surface area contributed by atoms with Crippen LogP contribution in [-0.4, -0.2) is 17.2 Å². The van der Waals surface area contributed by atoms with Crippen molar-refractivity contribution < 1.29 is 4.42 Å². The molecule has 1 N–H and O–H groups in total. The maximum Gasteiger partial charge on any atom is 0.420 e. The number of fused-ring (bicyclic) bond motifs is 1. The summed E-state index contributed by atoms with van der Waals surface area (Å²) >= 11 is 0. The van der Waals surface area contributed by atoms with Gasteiger partial charge in [-0.05, 0) is 31.5 Å². The molecule has 3 rings (SSSR count). The number of para-hydroxylation sites is 2. The molecule has 0 saturated carbocycles. The van der Waals surface area contributed by atoms with Gasteiger partial charge in [-0.15, -0.1) is 0 Å². The van der Waals surface area contributed by atoms with Gasteiger partial charge < -0.3 is 9.73 Å². The number of benzene rings is 1. The number of hydrogen-bond donors (Lipinski definition) is 1. The van der Waals surface area contributed by atoms with Crippen molar-refractivity contribution >= 4 is 11.1 Å². The zero-order valence-electron chi connectivity index (χ0n) is 8.98. The molecule has 1 aliphatic heterocycles. The molecule has 4 nitrogen and oxygen atoms in total. The Hall–Kier alpha value is -1.55. The van der Waals surface area contributed by atoms with Crippen LogP contribution in [0.15, 0.2) is 33.5 Å². The van der Waals surface area contributed by atoms with Crippen molar-refractivity contribution in [2.24, 2.45) is 0 Å². The first kappa shape index (κ1) is 9.66. The maximum atomic E-state index is 11.7. The molecule has 1 aromatic carbocycles. The molecular weight excluding hydrogens is 204 g/mol. The van der Waals surface area contributed by atoms with E-state index in [2.05, 4.69) is 5.32 Å². The normalized spacial score (nSPS) is 20.6. The highest BCUT2D eigenvalue weighted by Gasteiger charge is 2.17. The molecule has 16 heavy (non-hydrogen) atoms. The van der Waals surface area contributed by atoms with Gasteiger partial charge in [0.2, 0.25) is 0 Å². The third-order valence-electron chi connectivity index (χ3n) is 3.14. The summed E-state index contributed by atoms with van der Waals surface area (Å²) in [4.78, 5) is 11.7. The Morgan fingerprint density at radius 3 is 3.12 bits per heavy atom. The predicted octanol–water partition coefficient (Wildman–Crippen LogP) is 1.35. The SMILES string of the molecule is O=c1oc2ccccc2n1C[C@@H]1CCCN1. The molecule has 1 aliphatic rings. The Bertz CT molecular complexity index is 549. The molecule has 2 heterocycles. The van der Waals surface area contributed by atoms with E-state index in [4.69, 9.17) is 4.42 Å². The molecular formula is C12H14N2O2. The maximum absolute atomic E-state index is 11.7. The molecule has 2 aromatic rings.